The smallest absolute Gasteiger partial charge is 0.172 e. The molecule has 1 heterocycles. The number of hydrogen-bond acceptors (Lipinski definition) is 3. The first-order valence-electron chi connectivity index (χ1n) is 7.41. The van der Waals surface area contributed by atoms with Gasteiger partial charge in [-0.15, -0.1) is 5.10 Å². The zero-order valence-corrected chi connectivity index (χ0v) is 11.8. The van der Waals surface area contributed by atoms with Crippen molar-refractivity contribution < 1.29 is 9.18 Å². The van der Waals surface area contributed by atoms with E-state index in [1.807, 2.05) is 6.07 Å². The highest BCUT2D eigenvalue weighted by atomic mass is 19.1. The predicted octanol–water partition coefficient (Wildman–Crippen LogP) is 3.33. The van der Waals surface area contributed by atoms with E-state index in [0.29, 0.717) is 18.2 Å². The molecule has 0 bridgehead atoms. The van der Waals surface area contributed by atoms with Crippen LogP contribution in [0.25, 0.3) is 0 Å². The SMILES string of the molecule is O=Cc1nnn(Cc2cccc(F)c2)c1C1CCCCC1. The molecule has 1 aliphatic carbocycles. The minimum Gasteiger partial charge on any atom is -0.296 e. The second-order valence-corrected chi connectivity index (χ2v) is 5.60. The summed E-state index contributed by atoms with van der Waals surface area (Å²) in [6.45, 7) is 0.449. The Morgan fingerprint density at radius 3 is 2.81 bits per heavy atom. The number of rotatable bonds is 4. The molecular weight excluding hydrogens is 269 g/mol. The largest absolute Gasteiger partial charge is 0.296 e. The van der Waals surface area contributed by atoms with E-state index in [9.17, 15) is 9.18 Å². The molecule has 0 amide bonds. The molecule has 1 saturated carbocycles. The Morgan fingerprint density at radius 1 is 1.29 bits per heavy atom. The molecule has 21 heavy (non-hydrogen) atoms. The number of aromatic nitrogens is 3. The quantitative estimate of drug-likeness (QED) is 0.810. The molecule has 3 rings (SSSR count). The Balaban J connectivity index is 1.91. The van der Waals surface area contributed by atoms with Crippen LogP contribution in [-0.2, 0) is 6.54 Å². The zero-order valence-electron chi connectivity index (χ0n) is 11.8. The van der Waals surface area contributed by atoms with Crippen molar-refractivity contribution in [1.82, 2.24) is 15.0 Å². The van der Waals surface area contributed by atoms with E-state index in [1.165, 1.54) is 31.4 Å². The van der Waals surface area contributed by atoms with E-state index in [4.69, 9.17) is 0 Å². The van der Waals surface area contributed by atoms with E-state index in [1.54, 1.807) is 10.7 Å². The third-order valence-electron chi connectivity index (χ3n) is 4.13. The first-order valence-corrected chi connectivity index (χ1v) is 7.41. The summed E-state index contributed by atoms with van der Waals surface area (Å²) in [4.78, 5) is 11.2. The molecule has 0 saturated heterocycles. The number of benzene rings is 1. The van der Waals surface area contributed by atoms with Crippen LogP contribution in [0.4, 0.5) is 4.39 Å². The molecule has 110 valence electrons. The van der Waals surface area contributed by atoms with Crippen molar-refractivity contribution in [2.75, 3.05) is 0 Å². The van der Waals surface area contributed by atoms with Crippen LogP contribution in [0, 0.1) is 5.82 Å². The summed E-state index contributed by atoms with van der Waals surface area (Å²) in [7, 11) is 0. The standard InChI is InChI=1S/C16H18FN3O/c17-14-8-4-5-12(9-14)10-20-16(15(11-21)18-19-20)13-6-2-1-3-7-13/h4-5,8-9,11,13H,1-3,6-7,10H2. The molecule has 1 aromatic heterocycles. The highest BCUT2D eigenvalue weighted by Gasteiger charge is 2.24. The summed E-state index contributed by atoms with van der Waals surface area (Å²) in [6, 6.07) is 6.45. The molecule has 1 aromatic carbocycles. The van der Waals surface area contributed by atoms with Gasteiger partial charge in [0, 0.05) is 5.92 Å². The maximum Gasteiger partial charge on any atom is 0.172 e. The summed E-state index contributed by atoms with van der Waals surface area (Å²) in [6.07, 6.45) is 6.51. The van der Waals surface area contributed by atoms with Gasteiger partial charge in [-0.2, -0.15) is 0 Å². The monoisotopic (exact) mass is 287 g/mol. The number of halogens is 1. The summed E-state index contributed by atoms with van der Waals surface area (Å²) in [5, 5.41) is 8.08. The van der Waals surface area contributed by atoms with Crippen molar-refractivity contribution in [3.63, 3.8) is 0 Å². The lowest BCUT2D eigenvalue weighted by Gasteiger charge is -2.22. The van der Waals surface area contributed by atoms with Gasteiger partial charge in [0.25, 0.3) is 0 Å². The van der Waals surface area contributed by atoms with Crippen LogP contribution in [0.1, 0.15) is 59.8 Å². The maximum atomic E-state index is 13.3. The first-order chi connectivity index (χ1) is 10.3. The van der Waals surface area contributed by atoms with Gasteiger partial charge >= 0.3 is 0 Å². The van der Waals surface area contributed by atoms with Gasteiger partial charge in [-0.1, -0.05) is 36.6 Å². The highest BCUT2D eigenvalue weighted by molar-refractivity contribution is 5.73. The summed E-state index contributed by atoms with van der Waals surface area (Å²) in [5.41, 5.74) is 2.17. The molecule has 5 heteroatoms. The zero-order chi connectivity index (χ0) is 14.7. The van der Waals surface area contributed by atoms with Crippen LogP contribution in [0.3, 0.4) is 0 Å². The molecule has 1 aliphatic rings. The van der Waals surface area contributed by atoms with E-state index in [-0.39, 0.29) is 5.82 Å². The Labute approximate surface area is 123 Å². The molecule has 0 unspecified atom stereocenters. The van der Waals surface area contributed by atoms with Crippen molar-refractivity contribution in [3.8, 4) is 0 Å². The van der Waals surface area contributed by atoms with E-state index in [0.717, 1.165) is 30.4 Å². The fraction of sp³-hybridized carbons (Fsp3) is 0.438. The van der Waals surface area contributed by atoms with E-state index >= 15 is 0 Å². The lowest BCUT2D eigenvalue weighted by molar-refractivity contribution is 0.111. The molecule has 0 spiro atoms. The van der Waals surface area contributed by atoms with Gasteiger partial charge < -0.3 is 0 Å². The Bertz CT molecular complexity index is 632. The predicted molar refractivity (Wildman–Crippen MR) is 76.7 cm³/mol. The van der Waals surface area contributed by atoms with Crippen molar-refractivity contribution in [2.45, 2.75) is 44.6 Å². The molecule has 2 aromatic rings. The van der Waals surface area contributed by atoms with Crippen LogP contribution < -0.4 is 0 Å². The Morgan fingerprint density at radius 2 is 2.10 bits per heavy atom. The van der Waals surface area contributed by atoms with Crippen molar-refractivity contribution in [1.29, 1.82) is 0 Å². The van der Waals surface area contributed by atoms with E-state index < -0.39 is 0 Å². The summed E-state index contributed by atoms with van der Waals surface area (Å²) in [5.74, 6) is 0.0740. The lowest BCUT2D eigenvalue weighted by atomic mass is 9.86. The van der Waals surface area contributed by atoms with Crippen molar-refractivity contribution in [2.24, 2.45) is 0 Å². The maximum absolute atomic E-state index is 13.3. The average molecular weight is 287 g/mol. The van der Waals surface area contributed by atoms with Crippen LogP contribution >= 0.6 is 0 Å². The van der Waals surface area contributed by atoms with Crippen molar-refractivity contribution in [3.05, 3.63) is 47.0 Å². The topological polar surface area (TPSA) is 47.8 Å². The van der Waals surface area contributed by atoms with Gasteiger partial charge in [-0.25, -0.2) is 9.07 Å². The van der Waals surface area contributed by atoms with Crippen LogP contribution in [0.2, 0.25) is 0 Å². The summed E-state index contributed by atoms with van der Waals surface area (Å²) < 4.78 is 15.1. The normalized spacial score (nSPS) is 16.0. The van der Waals surface area contributed by atoms with Gasteiger partial charge in [-0.05, 0) is 30.5 Å². The number of carbonyl (C=O) groups excluding carboxylic acids is 1. The van der Waals surface area contributed by atoms with Crippen LogP contribution in [0.5, 0.6) is 0 Å². The Kier molecular flexibility index (Phi) is 4.08. The van der Waals surface area contributed by atoms with Crippen LogP contribution in [-0.4, -0.2) is 21.3 Å². The number of nitrogens with zero attached hydrogens (tertiary/aromatic N) is 3. The highest BCUT2D eigenvalue weighted by Crippen LogP contribution is 2.33. The van der Waals surface area contributed by atoms with Gasteiger partial charge in [0.1, 0.15) is 11.5 Å². The van der Waals surface area contributed by atoms with Gasteiger partial charge in [0.2, 0.25) is 0 Å². The number of aldehydes is 1. The third kappa shape index (κ3) is 3.01. The van der Waals surface area contributed by atoms with Crippen LogP contribution in [0.15, 0.2) is 24.3 Å². The minimum atomic E-state index is -0.262. The molecule has 0 radical (unpaired) electrons. The first kappa shape index (κ1) is 13.9. The third-order valence-corrected chi connectivity index (χ3v) is 4.13. The molecule has 0 atom stereocenters. The van der Waals surface area contributed by atoms with Gasteiger partial charge in [0.05, 0.1) is 12.2 Å². The molecule has 1 fully saturated rings. The van der Waals surface area contributed by atoms with Gasteiger partial charge in [0.15, 0.2) is 6.29 Å². The number of hydrogen-bond donors (Lipinski definition) is 0. The molecular formula is C16H18FN3O. The Hall–Kier alpha value is -2.04. The molecule has 4 nitrogen and oxygen atoms in total. The fourth-order valence-corrected chi connectivity index (χ4v) is 3.14. The lowest BCUT2D eigenvalue weighted by Crippen LogP contribution is -2.14. The van der Waals surface area contributed by atoms with Gasteiger partial charge in [-0.3, -0.25) is 4.79 Å². The fourth-order valence-electron chi connectivity index (χ4n) is 3.14. The van der Waals surface area contributed by atoms with E-state index in [2.05, 4.69) is 10.3 Å². The molecule has 0 N–H and O–H groups in total. The minimum absolute atomic E-state index is 0.262. The number of carbonyl (C=O) groups is 1. The van der Waals surface area contributed by atoms with Crippen molar-refractivity contribution >= 4 is 6.29 Å². The average Bonchev–Trinajstić information content (AvgIpc) is 2.91. The second kappa shape index (κ2) is 6.16. The second-order valence-electron chi connectivity index (χ2n) is 5.60. The summed E-state index contributed by atoms with van der Waals surface area (Å²) >= 11 is 0. The molecule has 0 aliphatic heterocycles.